The number of benzene rings is 1. The van der Waals surface area contributed by atoms with E-state index in [0.29, 0.717) is 0 Å². The monoisotopic (exact) mass is 247 g/mol. The first kappa shape index (κ1) is 11.7. The van der Waals surface area contributed by atoms with Crippen LogP contribution >= 0.6 is 11.3 Å². The van der Waals surface area contributed by atoms with Crippen molar-refractivity contribution in [2.75, 3.05) is 19.1 Å². The van der Waals surface area contributed by atoms with Gasteiger partial charge >= 0.3 is 0 Å². The van der Waals surface area contributed by atoms with Crippen LogP contribution in [-0.4, -0.2) is 20.4 Å². The summed E-state index contributed by atoms with van der Waals surface area (Å²) >= 11 is 1.46. The summed E-state index contributed by atoms with van der Waals surface area (Å²) in [6.45, 7) is 0. The second-order valence-electron chi connectivity index (χ2n) is 3.52. The minimum Gasteiger partial charge on any atom is -0.495 e. The van der Waals surface area contributed by atoms with Crippen molar-refractivity contribution in [1.29, 1.82) is 0 Å². The van der Waals surface area contributed by atoms with Gasteiger partial charge in [-0.2, -0.15) is 0 Å². The summed E-state index contributed by atoms with van der Waals surface area (Å²) in [5, 5.41) is 1.01. The molecule has 0 spiro atoms. The number of hydrogen-bond donors (Lipinski definition) is 0. The fraction of sp³-hybridized carbons (Fsp3) is 0.154. The largest absolute Gasteiger partial charge is 0.495 e. The molecule has 0 N–H and O–H groups in total. The van der Waals surface area contributed by atoms with Gasteiger partial charge in [-0.3, -0.25) is 4.79 Å². The molecule has 4 heteroatoms. The van der Waals surface area contributed by atoms with Crippen LogP contribution in [0.25, 0.3) is 0 Å². The molecule has 0 unspecified atom stereocenters. The predicted molar refractivity (Wildman–Crippen MR) is 70.8 cm³/mol. The molecule has 0 amide bonds. The highest BCUT2D eigenvalue weighted by atomic mass is 32.1. The topological polar surface area (TPSA) is 29.5 Å². The van der Waals surface area contributed by atoms with Gasteiger partial charge in [0.15, 0.2) is 6.29 Å². The number of rotatable bonds is 4. The molecule has 0 fully saturated rings. The Bertz CT molecular complexity index is 522. The summed E-state index contributed by atoms with van der Waals surface area (Å²) in [5.74, 6) is 0.816. The molecule has 0 saturated heterocycles. The lowest BCUT2D eigenvalue weighted by Gasteiger charge is -2.19. The third-order valence-electron chi connectivity index (χ3n) is 2.51. The zero-order chi connectivity index (χ0) is 12.3. The van der Waals surface area contributed by atoms with E-state index in [0.717, 1.165) is 27.6 Å². The number of nitrogens with zero attached hydrogens (tertiary/aromatic N) is 1. The Kier molecular flexibility index (Phi) is 3.44. The Hall–Kier alpha value is -1.81. The van der Waals surface area contributed by atoms with Gasteiger partial charge in [-0.1, -0.05) is 12.1 Å². The lowest BCUT2D eigenvalue weighted by Crippen LogP contribution is -2.08. The Balaban J connectivity index is 2.35. The van der Waals surface area contributed by atoms with Gasteiger partial charge in [0.25, 0.3) is 0 Å². The molecule has 1 aromatic carbocycles. The zero-order valence-corrected chi connectivity index (χ0v) is 10.5. The van der Waals surface area contributed by atoms with Crippen LogP contribution in [-0.2, 0) is 0 Å². The Morgan fingerprint density at radius 1 is 1.24 bits per heavy atom. The summed E-state index contributed by atoms with van der Waals surface area (Å²) in [7, 11) is 3.61. The highest BCUT2D eigenvalue weighted by molar-refractivity contribution is 7.17. The summed E-state index contributed by atoms with van der Waals surface area (Å²) < 4.78 is 5.31. The molecule has 88 valence electrons. The van der Waals surface area contributed by atoms with Crippen LogP contribution in [0, 0.1) is 0 Å². The molecule has 0 radical (unpaired) electrons. The molecule has 2 aromatic rings. The maximum absolute atomic E-state index is 10.7. The molecule has 0 saturated carbocycles. The number of carbonyl (C=O) groups excluding carboxylic acids is 1. The van der Waals surface area contributed by atoms with Crippen molar-refractivity contribution >= 4 is 28.3 Å². The minimum absolute atomic E-state index is 0.724. The number of carbonyl (C=O) groups is 1. The number of aldehydes is 1. The Labute approximate surface area is 104 Å². The molecular weight excluding hydrogens is 234 g/mol. The Morgan fingerprint density at radius 3 is 2.65 bits per heavy atom. The van der Waals surface area contributed by atoms with Crippen molar-refractivity contribution in [3.05, 3.63) is 41.3 Å². The zero-order valence-electron chi connectivity index (χ0n) is 9.71. The van der Waals surface area contributed by atoms with Crippen LogP contribution in [0.3, 0.4) is 0 Å². The molecule has 0 aliphatic carbocycles. The van der Waals surface area contributed by atoms with Gasteiger partial charge < -0.3 is 9.64 Å². The molecule has 0 atom stereocenters. The van der Waals surface area contributed by atoms with Crippen LogP contribution in [0.4, 0.5) is 10.7 Å². The SMILES string of the molecule is COc1ccccc1N(C)c1ccc(C=O)s1. The second-order valence-corrected chi connectivity index (χ2v) is 4.62. The van der Waals surface area contributed by atoms with Crippen LogP contribution in [0.2, 0.25) is 0 Å². The van der Waals surface area contributed by atoms with Gasteiger partial charge in [-0.15, -0.1) is 11.3 Å². The summed E-state index contributed by atoms with van der Waals surface area (Å²) in [6, 6.07) is 11.5. The molecule has 2 rings (SSSR count). The van der Waals surface area contributed by atoms with Crippen molar-refractivity contribution < 1.29 is 9.53 Å². The van der Waals surface area contributed by atoms with E-state index in [-0.39, 0.29) is 0 Å². The van der Waals surface area contributed by atoms with E-state index in [1.807, 2.05) is 48.3 Å². The van der Waals surface area contributed by atoms with E-state index >= 15 is 0 Å². The lowest BCUT2D eigenvalue weighted by molar-refractivity contribution is 0.112. The maximum Gasteiger partial charge on any atom is 0.160 e. The quantitative estimate of drug-likeness (QED) is 0.776. The van der Waals surface area contributed by atoms with E-state index < -0.39 is 0 Å². The van der Waals surface area contributed by atoms with Gasteiger partial charge in [0, 0.05) is 7.05 Å². The van der Waals surface area contributed by atoms with E-state index in [1.54, 1.807) is 7.11 Å². The average molecular weight is 247 g/mol. The minimum atomic E-state index is 0.724. The van der Waals surface area contributed by atoms with Gasteiger partial charge in [0.05, 0.1) is 22.7 Å². The smallest absolute Gasteiger partial charge is 0.160 e. The number of ether oxygens (including phenoxy) is 1. The lowest BCUT2D eigenvalue weighted by atomic mass is 10.2. The fourth-order valence-corrected chi connectivity index (χ4v) is 2.41. The predicted octanol–water partition coefficient (Wildman–Crippen LogP) is 3.34. The van der Waals surface area contributed by atoms with E-state index in [9.17, 15) is 4.79 Å². The van der Waals surface area contributed by atoms with Crippen molar-refractivity contribution in [3.63, 3.8) is 0 Å². The van der Waals surface area contributed by atoms with Gasteiger partial charge in [0.2, 0.25) is 0 Å². The van der Waals surface area contributed by atoms with Crippen LogP contribution < -0.4 is 9.64 Å². The summed E-state index contributed by atoms with van der Waals surface area (Å²) in [4.78, 5) is 13.4. The molecule has 17 heavy (non-hydrogen) atoms. The Morgan fingerprint density at radius 2 is 2.00 bits per heavy atom. The number of anilines is 2. The van der Waals surface area contributed by atoms with Crippen LogP contribution in [0.5, 0.6) is 5.75 Å². The summed E-state index contributed by atoms with van der Waals surface area (Å²) in [5.41, 5.74) is 0.981. The van der Waals surface area contributed by atoms with Crippen molar-refractivity contribution in [3.8, 4) is 5.75 Å². The maximum atomic E-state index is 10.7. The van der Waals surface area contributed by atoms with Crippen LogP contribution in [0.1, 0.15) is 9.67 Å². The summed E-state index contributed by atoms with van der Waals surface area (Å²) in [6.07, 6.45) is 0.865. The first-order chi connectivity index (χ1) is 8.26. The molecule has 0 aliphatic rings. The molecule has 1 aromatic heterocycles. The third kappa shape index (κ3) is 2.31. The average Bonchev–Trinajstić information content (AvgIpc) is 2.86. The van der Waals surface area contributed by atoms with Crippen molar-refractivity contribution in [2.24, 2.45) is 0 Å². The third-order valence-corrected chi connectivity index (χ3v) is 3.59. The first-order valence-corrected chi connectivity index (χ1v) is 5.99. The number of methoxy groups -OCH3 is 1. The number of para-hydroxylation sites is 2. The van der Waals surface area contributed by atoms with Crippen LogP contribution in [0.15, 0.2) is 36.4 Å². The van der Waals surface area contributed by atoms with Gasteiger partial charge in [-0.05, 0) is 24.3 Å². The normalized spacial score (nSPS) is 10.0. The molecular formula is C13H13NO2S. The fourth-order valence-electron chi connectivity index (χ4n) is 1.61. The van der Waals surface area contributed by atoms with Crippen molar-refractivity contribution in [2.45, 2.75) is 0 Å². The molecule has 0 bridgehead atoms. The highest BCUT2D eigenvalue weighted by Gasteiger charge is 2.11. The molecule has 1 heterocycles. The van der Waals surface area contributed by atoms with E-state index in [2.05, 4.69) is 0 Å². The van der Waals surface area contributed by atoms with E-state index in [1.165, 1.54) is 11.3 Å². The van der Waals surface area contributed by atoms with Gasteiger partial charge in [-0.25, -0.2) is 0 Å². The number of thiophene rings is 1. The van der Waals surface area contributed by atoms with Gasteiger partial charge in [0.1, 0.15) is 5.75 Å². The molecule has 3 nitrogen and oxygen atoms in total. The molecule has 0 aliphatic heterocycles. The first-order valence-electron chi connectivity index (χ1n) is 5.18. The van der Waals surface area contributed by atoms with Crippen molar-refractivity contribution in [1.82, 2.24) is 0 Å². The van der Waals surface area contributed by atoms with E-state index in [4.69, 9.17) is 4.74 Å². The number of hydrogen-bond acceptors (Lipinski definition) is 4. The second kappa shape index (κ2) is 5.01. The highest BCUT2D eigenvalue weighted by Crippen LogP contribution is 2.35. The standard InChI is InChI=1S/C13H13NO2S/c1-14(13-8-7-10(9-15)17-13)11-5-3-4-6-12(11)16-2/h3-9H,1-2H3.